The molecule has 120 valence electrons. The Morgan fingerprint density at radius 2 is 1.83 bits per heavy atom. The highest BCUT2D eigenvalue weighted by molar-refractivity contribution is 6.09. The molecule has 2 aromatic rings. The fraction of sp³-hybridized carbons (Fsp3) is 0.333. The van der Waals surface area contributed by atoms with Gasteiger partial charge in [0.05, 0.1) is 5.54 Å². The van der Waals surface area contributed by atoms with E-state index in [0.29, 0.717) is 29.2 Å². The average Bonchev–Trinajstić information content (AvgIpc) is 3.30. The van der Waals surface area contributed by atoms with E-state index >= 15 is 0 Å². The summed E-state index contributed by atoms with van der Waals surface area (Å²) < 4.78 is 0. The summed E-state index contributed by atoms with van der Waals surface area (Å²) in [6.45, 7) is 2.42. The summed E-state index contributed by atoms with van der Waals surface area (Å²) in [5, 5.41) is 3.04. The predicted octanol–water partition coefficient (Wildman–Crippen LogP) is 2.10. The van der Waals surface area contributed by atoms with E-state index in [1.807, 2.05) is 6.92 Å². The molecule has 1 aromatic carbocycles. The van der Waals surface area contributed by atoms with E-state index in [1.54, 1.807) is 42.7 Å². The van der Waals surface area contributed by atoms with Crippen molar-refractivity contribution in [3.63, 3.8) is 0 Å². The Morgan fingerprint density at radius 1 is 1.17 bits per heavy atom. The van der Waals surface area contributed by atoms with Gasteiger partial charge >= 0.3 is 0 Å². The molecule has 1 saturated carbocycles. The lowest BCUT2D eigenvalue weighted by Gasteiger charge is -2.29. The maximum absolute atomic E-state index is 12.4. The Labute approximate surface area is 135 Å². The fourth-order valence-electron chi connectivity index (χ4n) is 2.78. The van der Waals surface area contributed by atoms with Crippen LogP contribution in [0.1, 0.15) is 46.0 Å². The number of amides is 1. The van der Waals surface area contributed by atoms with E-state index < -0.39 is 0 Å². The van der Waals surface area contributed by atoms with Gasteiger partial charge in [-0.2, -0.15) is 0 Å². The molecule has 1 aliphatic carbocycles. The van der Waals surface area contributed by atoms with Crippen LogP contribution in [0.5, 0.6) is 0 Å². The maximum atomic E-state index is 12.4. The number of carbonyl (C=O) groups is 2. The van der Waals surface area contributed by atoms with Crippen molar-refractivity contribution < 1.29 is 9.59 Å². The second kappa shape index (κ2) is 6.01. The molecule has 5 heteroatoms. The maximum Gasteiger partial charge on any atom is 0.251 e. The number of nitrogens with one attached hydrogen (secondary N) is 2. The summed E-state index contributed by atoms with van der Waals surface area (Å²) in [6, 6.07) is 8.45. The van der Waals surface area contributed by atoms with Crippen LogP contribution in [-0.2, 0) is 0 Å². The van der Waals surface area contributed by atoms with E-state index in [4.69, 9.17) is 5.73 Å². The smallest absolute Gasteiger partial charge is 0.251 e. The summed E-state index contributed by atoms with van der Waals surface area (Å²) in [5.41, 5.74) is 7.18. The molecule has 0 aliphatic heterocycles. The molecule has 4 N–H and O–H groups in total. The average molecular weight is 311 g/mol. The Balaban J connectivity index is 1.71. The first-order valence-electron chi connectivity index (χ1n) is 7.83. The molecule has 0 saturated heterocycles. The lowest BCUT2D eigenvalue weighted by molar-refractivity contribution is 0.0897. The van der Waals surface area contributed by atoms with Crippen LogP contribution in [0, 0.1) is 5.92 Å². The number of hydrogen-bond donors (Lipinski definition) is 3. The fourth-order valence-corrected chi connectivity index (χ4v) is 2.78. The number of hydrogen-bond acceptors (Lipinski definition) is 3. The monoisotopic (exact) mass is 311 g/mol. The molecule has 1 fully saturated rings. The van der Waals surface area contributed by atoms with Crippen molar-refractivity contribution in [2.75, 3.05) is 6.54 Å². The number of benzene rings is 1. The van der Waals surface area contributed by atoms with Gasteiger partial charge in [-0.1, -0.05) is 12.1 Å². The van der Waals surface area contributed by atoms with E-state index in [-0.39, 0.29) is 17.2 Å². The standard InChI is InChI=1S/C18H21N3O2/c1-18(11-19,15-6-7-15)21-17(23)13-4-2-12(3-5-13)16(22)14-8-9-20-10-14/h2-5,8-10,15,20H,6-7,11,19H2,1H3,(H,21,23). The van der Waals surface area contributed by atoms with E-state index in [2.05, 4.69) is 10.3 Å². The second-order valence-electron chi connectivity index (χ2n) is 6.36. The number of rotatable bonds is 6. The number of aromatic amines is 1. The second-order valence-corrected chi connectivity index (χ2v) is 6.36. The Hall–Kier alpha value is -2.40. The van der Waals surface area contributed by atoms with Gasteiger partial charge in [-0.3, -0.25) is 9.59 Å². The third kappa shape index (κ3) is 3.19. The molecule has 1 heterocycles. The van der Waals surface area contributed by atoms with Crippen molar-refractivity contribution in [2.45, 2.75) is 25.3 Å². The van der Waals surface area contributed by atoms with Crippen LogP contribution in [-0.4, -0.2) is 28.8 Å². The van der Waals surface area contributed by atoms with Gasteiger partial charge in [0.25, 0.3) is 5.91 Å². The van der Waals surface area contributed by atoms with Gasteiger partial charge in [-0.05, 0) is 43.9 Å². The molecule has 1 atom stereocenters. The van der Waals surface area contributed by atoms with E-state index in [0.717, 1.165) is 12.8 Å². The quantitative estimate of drug-likeness (QED) is 0.714. The zero-order valence-electron chi connectivity index (χ0n) is 13.1. The van der Waals surface area contributed by atoms with Gasteiger partial charge in [0, 0.05) is 35.6 Å². The van der Waals surface area contributed by atoms with Crippen LogP contribution in [0.15, 0.2) is 42.7 Å². The minimum absolute atomic E-state index is 0.0667. The third-order valence-corrected chi connectivity index (χ3v) is 4.57. The Bertz CT molecular complexity index is 702. The Kier molecular flexibility index (Phi) is 4.05. The minimum Gasteiger partial charge on any atom is -0.367 e. The number of carbonyl (C=O) groups excluding carboxylic acids is 2. The number of ketones is 1. The van der Waals surface area contributed by atoms with Gasteiger partial charge in [-0.25, -0.2) is 0 Å². The van der Waals surface area contributed by atoms with Crippen molar-refractivity contribution >= 4 is 11.7 Å². The highest BCUT2D eigenvalue weighted by Gasteiger charge is 2.41. The molecule has 0 bridgehead atoms. The van der Waals surface area contributed by atoms with Crippen LogP contribution in [0.4, 0.5) is 0 Å². The summed E-state index contributed by atoms with van der Waals surface area (Å²) in [6.07, 6.45) is 5.59. The summed E-state index contributed by atoms with van der Waals surface area (Å²) in [5.74, 6) is 0.249. The molecule has 1 aliphatic rings. The first-order valence-corrected chi connectivity index (χ1v) is 7.83. The van der Waals surface area contributed by atoms with Crippen molar-refractivity contribution in [1.29, 1.82) is 0 Å². The highest BCUT2D eigenvalue weighted by Crippen LogP contribution is 2.39. The van der Waals surface area contributed by atoms with E-state index in [9.17, 15) is 9.59 Å². The molecule has 3 rings (SSSR count). The third-order valence-electron chi connectivity index (χ3n) is 4.57. The van der Waals surface area contributed by atoms with Gasteiger partial charge in [0.2, 0.25) is 0 Å². The van der Waals surface area contributed by atoms with Crippen molar-refractivity contribution in [1.82, 2.24) is 10.3 Å². The van der Waals surface area contributed by atoms with Crippen LogP contribution < -0.4 is 11.1 Å². The van der Waals surface area contributed by atoms with Crippen LogP contribution >= 0.6 is 0 Å². The highest BCUT2D eigenvalue weighted by atomic mass is 16.2. The number of H-pyrrole nitrogens is 1. The predicted molar refractivity (Wildman–Crippen MR) is 88.3 cm³/mol. The number of aromatic nitrogens is 1. The molecule has 0 radical (unpaired) electrons. The van der Waals surface area contributed by atoms with Crippen LogP contribution in [0.3, 0.4) is 0 Å². The van der Waals surface area contributed by atoms with Gasteiger partial charge in [0.1, 0.15) is 0 Å². The minimum atomic E-state index is -0.350. The normalized spacial score (nSPS) is 16.6. The van der Waals surface area contributed by atoms with Crippen LogP contribution in [0.2, 0.25) is 0 Å². The molecular formula is C18H21N3O2. The zero-order chi connectivity index (χ0) is 16.4. The molecule has 1 aromatic heterocycles. The molecule has 1 unspecified atom stereocenters. The summed E-state index contributed by atoms with van der Waals surface area (Å²) in [7, 11) is 0. The molecule has 1 amide bonds. The SMILES string of the molecule is CC(CN)(NC(=O)c1ccc(C(=O)c2cc[nH]c2)cc1)C1CC1. The molecule has 23 heavy (non-hydrogen) atoms. The zero-order valence-corrected chi connectivity index (χ0v) is 13.1. The van der Waals surface area contributed by atoms with Gasteiger partial charge < -0.3 is 16.0 Å². The van der Waals surface area contributed by atoms with Gasteiger partial charge in [-0.15, -0.1) is 0 Å². The largest absolute Gasteiger partial charge is 0.367 e. The van der Waals surface area contributed by atoms with Crippen molar-refractivity contribution in [3.05, 3.63) is 59.4 Å². The first kappa shape index (κ1) is 15.5. The van der Waals surface area contributed by atoms with Crippen molar-refractivity contribution in [2.24, 2.45) is 11.7 Å². The topological polar surface area (TPSA) is 88.0 Å². The van der Waals surface area contributed by atoms with Crippen molar-refractivity contribution in [3.8, 4) is 0 Å². The van der Waals surface area contributed by atoms with E-state index in [1.165, 1.54) is 0 Å². The van der Waals surface area contributed by atoms with Crippen LogP contribution in [0.25, 0.3) is 0 Å². The Morgan fingerprint density at radius 3 is 2.35 bits per heavy atom. The number of nitrogens with two attached hydrogens (primary N) is 1. The summed E-state index contributed by atoms with van der Waals surface area (Å²) in [4.78, 5) is 27.5. The molecule has 0 spiro atoms. The summed E-state index contributed by atoms with van der Waals surface area (Å²) >= 11 is 0. The first-order chi connectivity index (χ1) is 11.0. The lowest BCUT2D eigenvalue weighted by atomic mass is 9.95. The van der Waals surface area contributed by atoms with Gasteiger partial charge in [0.15, 0.2) is 5.78 Å². The molecule has 5 nitrogen and oxygen atoms in total. The molecular weight excluding hydrogens is 290 g/mol. The lowest BCUT2D eigenvalue weighted by Crippen LogP contribution is -2.53.